The Labute approximate surface area is 138 Å². The van der Waals surface area contributed by atoms with Gasteiger partial charge in [-0.1, -0.05) is 39.0 Å². The van der Waals surface area contributed by atoms with E-state index >= 15 is 0 Å². The summed E-state index contributed by atoms with van der Waals surface area (Å²) in [6, 6.07) is 8.12. The molecule has 0 unspecified atom stereocenters. The molecule has 0 aliphatic carbocycles. The Hall–Kier alpha value is -1.52. The molecule has 0 bridgehead atoms. The van der Waals surface area contributed by atoms with Gasteiger partial charge in [0.05, 0.1) is 0 Å². The molecule has 1 aromatic heterocycles. The van der Waals surface area contributed by atoms with Crippen LogP contribution < -0.4 is 10.6 Å². The Morgan fingerprint density at radius 2 is 1.95 bits per heavy atom. The molecule has 1 amide bonds. The first-order chi connectivity index (χ1) is 10.1. The van der Waals surface area contributed by atoms with Crippen LogP contribution in [0, 0.1) is 5.92 Å². The summed E-state index contributed by atoms with van der Waals surface area (Å²) < 4.78 is 5.87. The average molecular weight is 325 g/mol. The smallest absolute Gasteiger partial charge is 0.222 e. The molecule has 1 heterocycles. The minimum absolute atomic E-state index is 0. The molecule has 0 aliphatic heterocycles. The molecule has 2 rings (SSSR count). The summed E-state index contributed by atoms with van der Waals surface area (Å²) >= 11 is 0. The van der Waals surface area contributed by atoms with Crippen molar-refractivity contribution in [2.75, 3.05) is 13.1 Å². The minimum Gasteiger partial charge on any atom is -0.461 e. The first-order valence-electron chi connectivity index (χ1n) is 7.61. The summed E-state index contributed by atoms with van der Waals surface area (Å²) in [6.07, 6.45) is 0.885. The van der Waals surface area contributed by atoms with E-state index in [-0.39, 0.29) is 24.2 Å². The second-order valence-corrected chi connectivity index (χ2v) is 5.48. The summed E-state index contributed by atoms with van der Waals surface area (Å²) in [5, 5.41) is 7.45. The normalized spacial score (nSPS) is 10.7. The van der Waals surface area contributed by atoms with E-state index in [1.807, 2.05) is 32.0 Å². The van der Waals surface area contributed by atoms with E-state index in [0.29, 0.717) is 6.54 Å². The number of nitrogens with one attached hydrogen (secondary N) is 2. The quantitative estimate of drug-likeness (QED) is 0.768. The fraction of sp³-hybridized carbons (Fsp3) is 0.471. The highest BCUT2D eigenvalue weighted by Crippen LogP contribution is 2.25. The van der Waals surface area contributed by atoms with Crippen LogP contribution in [0.2, 0.25) is 0 Å². The van der Waals surface area contributed by atoms with Gasteiger partial charge in [0.25, 0.3) is 0 Å². The molecule has 0 radical (unpaired) electrons. The molecule has 0 saturated heterocycles. The van der Waals surface area contributed by atoms with Crippen molar-refractivity contribution in [3.63, 3.8) is 0 Å². The molecular weight excluding hydrogens is 300 g/mol. The Bertz CT molecular complexity index is 608. The topological polar surface area (TPSA) is 54.3 Å². The van der Waals surface area contributed by atoms with Crippen LogP contribution in [0.15, 0.2) is 28.7 Å². The van der Waals surface area contributed by atoms with Crippen LogP contribution in [0.4, 0.5) is 0 Å². The fourth-order valence-corrected chi connectivity index (χ4v) is 2.32. The Kier molecular flexibility index (Phi) is 7.42. The lowest BCUT2D eigenvalue weighted by molar-refractivity contribution is -0.123. The monoisotopic (exact) mass is 324 g/mol. The zero-order chi connectivity index (χ0) is 15.2. The van der Waals surface area contributed by atoms with E-state index in [1.54, 1.807) is 0 Å². The van der Waals surface area contributed by atoms with Crippen molar-refractivity contribution in [2.24, 2.45) is 5.92 Å². The third kappa shape index (κ3) is 4.49. The molecule has 4 nitrogen and oxygen atoms in total. The summed E-state index contributed by atoms with van der Waals surface area (Å²) in [7, 11) is 0. The number of hydrogen-bond acceptors (Lipinski definition) is 3. The van der Waals surface area contributed by atoms with E-state index in [2.05, 4.69) is 23.6 Å². The van der Waals surface area contributed by atoms with Crippen molar-refractivity contribution in [1.82, 2.24) is 10.6 Å². The largest absolute Gasteiger partial charge is 0.461 e. The maximum atomic E-state index is 11.5. The van der Waals surface area contributed by atoms with Crippen molar-refractivity contribution >= 4 is 29.3 Å². The second-order valence-electron chi connectivity index (χ2n) is 5.48. The lowest BCUT2D eigenvalue weighted by Crippen LogP contribution is -2.34. The number of para-hydroxylation sites is 1. The number of hydrogen-bond donors (Lipinski definition) is 2. The van der Waals surface area contributed by atoms with Gasteiger partial charge in [0, 0.05) is 42.9 Å². The van der Waals surface area contributed by atoms with Crippen LogP contribution >= 0.6 is 12.4 Å². The zero-order valence-electron chi connectivity index (χ0n) is 13.4. The van der Waals surface area contributed by atoms with Gasteiger partial charge < -0.3 is 15.1 Å². The number of carbonyl (C=O) groups is 1. The van der Waals surface area contributed by atoms with E-state index in [4.69, 9.17) is 4.42 Å². The molecule has 5 heteroatoms. The van der Waals surface area contributed by atoms with E-state index < -0.39 is 0 Å². The van der Waals surface area contributed by atoms with Crippen molar-refractivity contribution in [1.29, 1.82) is 0 Å². The predicted molar refractivity (Wildman–Crippen MR) is 92.4 cm³/mol. The summed E-state index contributed by atoms with van der Waals surface area (Å²) in [5.74, 6) is 1.17. The first-order valence-corrected chi connectivity index (χ1v) is 7.61. The highest BCUT2D eigenvalue weighted by atomic mass is 35.5. The summed E-state index contributed by atoms with van der Waals surface area (Å²) in [4.78, 5) is 11.5. The van der Waals surface area contributed by atoms with Gasteiger partial charge in [-0.3, -0.25) is 4.79 Å². The Morgan fingerprint density at radius 3 is 2.64 bits per heavy atom. The summed E-state index contributed by atoms with van der Waals surface area (Å²) in [5.41, 5.74) is 2.17. The van der Waals surface area contributed by atoms with E-state index in [9.17, 15) is 4.79 Å². The highest BCUT2D eigenvalue weighted by Gasteiger charge is 2.11. The minimum atomic E-state index is 0. The molecule has 122 valence electrons. The van der Waals surface area contributed by atoms with Gasteiger partial charge in [0.1, 0.15) is 11.3 Å². The number of fused-ring (bicyclic) bond motifs is 1. The van der Waals surface area contributed by atoms with Gasteiger partial charge in [-0.15, -0.1) is 12.4 Å². The number of amides is 1. The van der Waals surface area contributed by atoms with Crippen molar-refractivity contribution < 1.29 is 9.21 Å². The number of furan rings is 1. The molecule has 0 atom stereocenters. The van der Waals surface area contributed by atoms with Gasteiger partial charge in [-0.25, -0.2) is 0 Å². The van der Waals surface area contributed by atoms with Crippen LogP contribution in [0.3, 0.4) is 0 Å². The lowest BCUT2D eigenvalue weighted by Gasteiger charge is -2.08. The van der Waals surface area contributed by atoms with Gasteiger partial charge in [0.2, 0.25) is 5.91 Å². The van der Waals surface area contributed by atoms with Crippen LogP contribution in [0.25, 0.3) is 11.0 Å². The molecule has 0 spiro atoms. The van der Waals surface area contributed by atoms with Crippen molar-refractivity contribution in [2.45, 2.75) is 33.7 Å². The molecule has 0 fully saturated rings. The maximum absolute atomic E-state index is 11.5. The second kappa shape index (κ2) is 8.81. The van der Waals surface area contributed by atoms with Gasteiger partial charge >= 0.3 is 0 Å². The maximum Gasteiger partial charge on any atom is 0.222 e. The van der Waals surface area contributed by atoms with Crippen molar-refractivity contribution in [3.05, 3.63) is 35.6 Å². The predicted octanol–water partition coefficient (Wildman–Crippen LogP) is 3.28. The van der Waals surface area contributed by atoms with E-state index in [0.717, 1.165) is 30.9 Å². The zero-order valence-corrected chi connectivity index (χ0v) is 14.3. The summed E-state index contributed by atoms with van der Waals surface area (Å²) in [6.45, 7) is 8.05. The van der Waals surface area contributed by atoms with Crippen LogP contribution in [-0.4, -0.2) is 19.0 Å². The third-order valence-corrected chi connectivity index (χ3v) is 3.53. The number of aryl methyl sites for hydroxylation is 1. The number of carbonyl (C=O) groups excluding carboxylic acids is 1. The fourth-order valence-electron chi connectivity index (χ4n) is 2.32. The van der Waals surface area contributed by atoms with Gasteiger partial charge in [-0.2, -0.15) is 0 Å². The highest BCUT2D eigenvalue weighted by molar-refractivity contribution is 5.85. The Morgan fingerprint density at radius 1 is 1.23 bits per heavy atom. The van der Waals surface area contributed by atoms with Crippen LogP contribution in [0.1, 0.15) is 32.1 Å². The number of halogens is 1. The van der Waals surface area contributed by atoms with E-state index in [1.165, 1.54) is 10.9 Å². The molecular formula is C17H25ClN2O2. The SMILES string of the molecule is CCc1oc2ccccc2c1CNCCNC(=O)C(C)C.Cl. The van der Waals surface area contributed by atoms with Gasteiger partial charge in [0.15, 0.2) is 0 Å². The standard InChI is InChI=1S/C17H24N2O2.ClH/c1-4-15-14(13-7-5-6-8-16(13)21-15)11-18-9-10-19-17(20)12(2)3;/h5-8,12,18H,4,9-11H2,1-3H3,(H,19,20);1H. The lowest BCUT2D eigenvalue weighted by atomic mass is 10.1. The number of rotatable bonds is 7. The molecule has 2 N–H and O–H groups in total. The van der Waals surface area contributed by atoms with Gasteiger partial charge in [-0.05, 0) is 6.07 Å². The molecule has 0 aliphatic rings. The molecule has 22 heavy (non-hydrogen) atoms. The Balaban J connectivity index is 0.00000242. The van der Waals surface area contributed by atoms with Crippen LogP contribution in [0.5, 0.6) is 0 Å². The van der Waals surface area contributed by atoms with Crippen molar-refractivity contribution in [3.8, 4) is 0 Å². The number of benzene rings is 1. The first kappa shape index (κ1) is 18.5. The molecule has 1 aromatic carbocycles. The average Bonchev–Trinajstić information content (AvgIpc) is 2.84. The molecule has 0 saturated carbocycles. The van der Waals surface area contributed by atoms with Crippen LogP contribution in [-0.2, 0) is 17.8 Å². The third-order valence-electron chi connectivity index (χ3n) is 3.53. The molecule has 2 aromatic rings.